The number of rotatable bonds is 8. The molecule has 0 unspecified atom stereocenters. The SMILES string of the molecule is CCCCOCCNc1ccc(F)cc1C(=O)O. The van der Waals surface area contributed by atoms with Crippen molar-refractivity contribution in [2.24, 2.45) is 0 Å². The normalized spacial score (nSPS) is 10.3. The fraction of sp³-hybridized carbons (Fsp3) is 0.462. The summed E-state index contributed by atoms with van der Waals surface area (Å²) in [5.74, 6) is -1.71. The molecule has 0 saturated carbocycles. The highest BCUT2D eigenvalue weighted by atomic mass is 19.1. The molecule has 0 fully saturated rings. The molecule has 0 bridgehead atoms. The van der Waals surface area contributed by atoms with Gasteiger partial charge in [-0.2, -0.15) is 0 Å². The second kappa shape index (κ2) is 7.66. The summed E-state index contributed by atoms with van der Waals surface area (Å²) in [4.78, 5) is 10.9. The predicted molar refractivity (Wildman–Crippen MR) is 67.6 cm³/mol. The summed E-state index contributed by atoms with van der Waals surface area (Å²) in [7, 11) is 0. The lowest BCUT2D eigenvalue weighted by molar-refractivity contribution is 0.0697. The topological polar surface area (TPSA) is 58.6 Å². The summed E-state index contributed by atoms with van der Waals surface area (Å²) in [5, 5.41) is 11.9. The molecule has 0 aromatic heterocycles. The zero-order chi connectivity index (χ0) is 13.4. The smallest absolute Gasteiger partial charge is 0.337 e. The molecule has 0 radical (unpaired) electrons. The highest BCUT2D eigenvalue weighted by Gasteiger charge is 2.10. The first-order valence-electron chi connectivity index (χ1n) is 5.99. The third kappa shape index (κ3) is 4.71. The largest absolute Gasteiger partial charge is 0.478 e. The maximum absolute atomic E-state index is 12.9. The molecule has 0 atom stereocenters. The average molecular weight is 255 g/mol. The highest BCUT2D eigenvalue weighted by molar-refractivity contribution is 5.94. The number of benzene rings is 1. The van der Waals surface area contributed by atoms with E-state index in [1.807, 2.05) is 0 Å². The summed E-state index contributed by atoms with van der Waals surface area (Å²) in [6.07, 6.45) is 2.09. The first kappa shape index (κ1) is 14.4. The Balaban J connectivity index is 2.44. The Hall–Kier alpha value is -1.62. The van der Waals surface area contributed by atoms with Gasteiger partial charge in [0, 0.05) is 18.8 Å². The van der Waals surface area contributed by atoms with E-state index in [2.05, 4.69) is 12.2 Å². The molecule has 0 spiro atoms. The minimum Gasteiger partial charge on any atom is -0.478 e. The molecule has 100 valence electrons. The number of carbonyl (C=O) groups is 1. The van der Waals surface area contributed by atoms with Crippen LogP contribution in [0.15, 0.2) is 18.2 Å². The van der Waals surface area contributed by atoms with Crippen molar-refractivity contribution in [2.75, 3.05) is 25.1 Å². The van der Waals surface area contributed by atoms with E-state index >= 15 is 0 Å². The van der Waals surface area contributed by atoms with E-state index in [1.165, 1.54) is 12.1 Å². The third-order valence-corrected chi connectivity index (χ3v) is 2.42. The van der Waals surface area contributed by atoms with Crippen molar-refractivity contribution >= 4 is 11.7 Å². The number of ether oxygens (including phenoxy) is 1. The van der Waals surface area contributed by atoms with Crippen LogP contribution in [-0.2, 0) is 4.74 Å². The minimum absolute atomic E-state index is 0.0661. The van der Waals surface area contributed by atoms with E-state index < -0.39 is 11.8 Å². The molecule has 0 amide bonds. The maximum atomic E-state index is 12.9. The van der Waals surface area contributed by atoms with Crippen LogP contribution in [0.2, 0.25) is 0 Å². The Morgan fingerprint density at radius 2 is 2.22 bits per heavy atom. The quantitative estimate of drug-likeness (QED) is 0.701. The molecular weight excluding hydrogens is 237 g/mol. The summed E-state index contributed by atoms with van der Waals surface area (Å²) in [6.45, 7) is 3.78. The van der Waals surface area contributed by atoms with Crippen LogP contribution in [0.1, 0.15) is 30.1 Å². The van der Waals surface area contributed by atoms with Crippen molar-refractivity contribution in [3.05, 3.63) is 29.6 Å². The molecule has 0 aliphatic heterocycles. The molecular formula is C13H18FNO3. The average Bonchev–Trinajstić information content (AvgIpc) is 2.35. The van der Waals surface area contributed by atoms with Gasteiger partial charge >= 0.3 is 5.97 Å². The Bertz CT molecular complexity index is 396. The molecule has 2 N–H and O–H groups in total. The van der Waals surface area contributed by atoms with E-state index in [0.29, 0.717) is 25.4 Å². The summed E-state index contributed by atoms with van der Waals surface area (Å²) in [6, 6.07) is 3.65. The van der Waals surface area contributed by atoms with Crippen molar-refractivity contribution in [3.63, 3.8) is 0 Å². The molecule has 1 rings (SSSR count). The zero-order valence-corrected chi connectivity index (χ0v) is 10.4. The van der Waals surface area contributed by atoms with Crippen molar-refractivity contribution < 1.29 is 19.0 Å². The highest BCUT2D eigenvalue weighted by Crippen LogP contribution is 2.16. The molecule has 0 aliphatic carbocycles. The molecule has 1 aromatic carbocycles. The molecule has 4 nitrogen and oxygen atoms in total. The number of anilines is 1. The van der Waals surface area contributed by atoms with Gasteiger partial charge in [-0.25, -0.2) is 9.18 Å². The van der Waals surface area contributed by atoms with Gasteiger partial charge in [-0.05, 0) is 24.6 Å². The number of nitrogens with one attached hydrogen (secondary N) is 1. The summed E-state index contributed by atoms with van der Waals surface area (Å²) < 4.78 is 18.3. The monoisotopic (exact) mass is 255 g/mol. The van der Waals surface area contributed by atoms with Crippen molar-refractivity contribution in [2.45, 2.75) is 19.8 Å². The standard InChI is InChI=1S/C13H18FNO3/c1-2-3-7-18-8-6-15-12-5-4-10(14)9-11(12)13(16)17/h4-5,9,15H,2-3,6-8H2,1H3,(H,16,17). The lowest BCUT2D eigenvalue weighted by Gasteiger charge is -2.10. The van der Waals surface area contributed by atoms with Gasteiger partial charge in [0.2, 0.25) is 0 Å². The van der Waals surface area contributed by atoms with Crippen molar-refractivity contribution in [1.82, 2.24) is 0 Å². The zero-order valence-electron chi connectivity index (χ0n) is 10.4. The Morgan fingerprint density at radius 1 is 1.44 bits per heavy atom. The van der Waals surface area contributed by atoms with Crippen LogP contribution in [-0.4, -0.2) is 30.8 Å². The van der Waals surface area contributed by atoms with Gasteiger partial charge in [0.25, 0.3) is 0 Å². The van der Waals surface area contributed by atoms with E-state index in [1.54, 1.807) is 0 Å². The van der Waals surface area contributed by atoms with E-state index in [4.69, 9.17) is 9.84 Å². The molecule has 0 heterocycles. The molecule has 5 heteroatoms. The third-order valence-electron chi connectivity index (χ3n) is 2.42. The minimum atomic E-state index is -1.15. The molecule has 18 heavy (non-hydrogen) atoms. The first-order valence-corrected chi connectivity index (χ1v) is 5.99. The molecule has 0 aliphatic rings. The fourth-order valence-electron chi connectivity index (χ4n) is 1.45. The predicted octanol–water partition coefficient (Wildman–Crippen LogP) is 2.75. The van der Waals surface area contributed by atoms with Crippen LogP contribution in [0.3, 0.4) is 0 Å². The van der Waals surface area contributed by atoms with Crippen molar-refractivity contribution in [3.8, 4) is 0 Å². The van der Waals surface area contributed by atoms with Gasteiger partial charge in [-0.15, -0.1) is 0 Å². The Morgan fingerprint density at radius 3 is 2.89 bits per heavy atom. The van der Waals surface area contributed by atoms with Crippen molar-refractivity contribution in [1.29, 1.82) is 0 Å². The van der Waals surface area contributed by atoms with Gasteiger partial charge in [-0.1, -0.05) is 13.3 Å². The Labute approximate surface area is 106 Å². The van der Waals surface area contributed by atoms with Gasteiger partial charge in [-0.3, -0.25) is 0 Å². The second-order valence-corrected chi connectivity index (χ2v) is 3.89. The van der Waals surface area contributed by atoms with E-state index in [-0.39, 0.29) is 5.56 Å². The van der Waals surface area contributed by atoms with E-state index in [0.717, 1.165) is 18.9 Å². The number of aromatic carboxylic acids is 1. The number of carboxylic acids is 1. The first-order chi connectivity index (χ1) is 8.65. The summed E-state index contributed by atoms with van der Waals surface area (Å²) in [5.41, 5.74) is 0.339. The fourth-order valence-corrected chi connectivity index (χ4v) is 1.45. The van der Waals surface area contributed by atoms with Crippen LogP contribution in [0.4, 0.5) is 10.1 Å². The molecule has 0 saturated heterocycles. The van der Waals surface area contributed by atoms with Crippen LogP contribution in [0.25, 0.3) is 0 Å². The van der Waals surface area contributed by atoms with Gasteiger partial charge in [0.1, 0.15) is 5.82 Å². The van der Waals surface area contributed by atoms with Gasteiger partial charge in [0.05, 0.1) is 12.2 Å². The number of halogens is 1. The van der Waals surface area contributed by atoms with Crippen LogP contribution < -0.4 is 5.32 Å². The van der Waals surface area contributed by atoms with Crippen LogP contribution in [0.5, 0.6) is 0 Å². The lowest BCUT2D eigenvalue weighted by Crippen LogP contribution is -2.13. The van der Waals surface area contributed by atoms with E-state index in [9.17, 15) is 9.18 Å². The van der Waals surface area contributed by atoms with Crippen LogP contribution >= 0.6 is 0 Å². The van der Waals surface area contributed by atoms with Gasteiger partial charge < -0.3 is 15.2 Å². The second-order valence-electron chi connectivity index (χ2n) is 3.89. The van der Waals surface area contributed by atoms with Gasteiger partial charge in [0.15, 0.2) is 0 Å². The number of hydrogen-bond acceptors (Lipinski definition) is 3. The molecule has 1 aromatic rings. The number of hydrogen-bond donors (Lipinski definition) is 2. The Kier molecular flexibility index (Phi) is 6.14. The summed E-state index contributed by atoms with van der Waals surface area (Å²) >= 11 is 0. The lowest BCUT2D eigenvalue weighted by atomic mass is 10.1. The number of carboxylic acid groups (broad SMARTS) is 1. The van der Waals surface area contributed by atoms with Crippen LogP contribution in [0, 0.1) is 5.82 Å². The maximum Gasteiger partial charge on any atom is 0.337 e. The number of unbranched alkanes of at least 4 members (excludes halogenated alkanes) is 1.